The first-order valence-corrected chi connectivity index (χ1v) is 5.75. The number of hydrogen-bond donors (Lipinski definition) is 1. The molecule has 0 spiro atoms. The van der Waals surface area contributed by atoms with Gasteiger partial charge in [0, 0.05) is 6.54 Å². The largest absolute Gasteiger partial charge is 0.384 e. The maximum Gasteiger partial charge on any atom is 0.234 e. The van der Waals surface area contributed by atoms with E-state index in [9.17, 15) is 9.59 Å². The average Bonchev–Trinajstić information content (AvgIpc) is 2.69. The Morgan fingerprint density at radius 2 is 2.22 bits per heavy atom. The molecule has 0 saturated carbocycles. The van der Waals surface area contributed by atoms with Crippen molar-refractivity contribution in [1.29, 1.82) is 5.26 Å². The molecular formula is C13H13N3O2. The van der Waals surface area contributed by atoms with E-state index >= 15 is 0 Å². The summed E-state index contributed by atoms with van der Waals surface area (Å²) in [5.74, 6) is -0.306. The molecule has 1 heterocycles. The van der Waals surface area contributed by atoms with Crippen LogP contribution in [0.4, 0.5) is 11.4 Å². The smallest absolute Gasteiger partial charge is 0.234 e. The van der Waals surface area contributed by atoms with Gasteiger partial charge in [0.05, 0.1) is 36.0 Å². The van der Waals surface area contributed by atoms with E-state index in [1.807, 2.05) is 13.0 Å². The molecule has 0 bridgehead atoms. The van der Waals surface area contributed by atoms with Crippen molar-refractivity contribution < 1.29 is 9.59 Å². The van der Waals surface area contributed by atoms with Crippen LogP contribution in [0.15, 0.2) is 18.2 Å². The Balaban J connectivity index is 2.43. The van der Waals surface area contributed by atoms with Crippen molar-refractivity contribution in [3.8, 4) is 6.07 Å². The fraction of sp³-hybridized carbons (Fsp3) is 0.308. The molecule has 18 heavy (non-hydrogen) atoms. The number of nitriles is 1. The normalized spacial score (nSPS) is 14.8. The quantitative estimate of drug-likeness (QED) is 0.812. The van der Waals surface area contributed by atoms with E-state index in [1.54, 1.807) is 18.2 Å². The predicted molar refractivity (Wildman–Crippen MR) is 67.3 cm³/mol. The van der Waals surface area contributed by atoms with Crippen LogP contribution < -0.4 is 10.2 Å². The van der Waals surface area contributed by atoms with Crippen LogP contribution in [-0.4, -0.2) is 24.8 Å². The molecule has 0 unspecified atom stereocenters. The van der Waals surface area contributed by atoms with Crippen molar-refractivity contribution in [2.24, 2.45) is 0 Å². The molecule has 0 aliphatic carbocycles. The SMILES string of the molecule is CCNc1ccc(C#N)cc1N1CC(=O)CC1=O. The van der Waals surface area contributed by atoms with Gasteiger partial charge in [-0.05, 0) is 25.1 Å². The predicted octanol–water partition coefficient (Wildman–Crippen LogP) is 1.30. The number of benzene rings is 1. The van der Waals surface area contributed by atoms with Gasteiger partial charge in [-0.15, -0.1) is 0 Å². The Morgan fingerprint density at radius 3 is 2.78 bits per heavy atom. The average molecular weight is 243 g/mol. The van der Waals surface area contributed by atoms with E-state index in [2.05, 4.69) is 5.32 Å². The summed E-state index contributed by atoms with van der Waals surface area (Å²) in [4.78, 5) is 24.5. The third-order valence-corrected chi connectivity index (χ3v) is 2.77. The van der Waals surface area contributed by atoms with Gasteiger partial charge >= 0.3 is 0 Å². The topological polar surface area (TPSA) is 73.2 Å². The maximum absolute atomic E-state index is 11.7. The maximum atomic E-state index is 11.7. The molecule has 5 nitrogen and oxygen atoms in total. The highest BCUT2D eigenvalue weighted by molar-refractivity contribution is 6.16. The van der Waals surface area contributed by atoms with Crippen molar-refractivity contribution in [2.75, 3.05) is 23.3 Å². The van der Waals surface area contributed by atoms with Crippen LogP contribution in [0.1, 0.15) is 18.9 Å². The summed E-state index contributed by atoms with van der Waals surface area (Å²) >= 11 is 0. The lowest BCUT2D eigenvalue weighted by atomic mass is 10.1. The number of rotatable bonds is 3. The number of anilines is 2. The van der Waals surface area contributed by atoms with E-state index in [0.29, 0.717) is 17.8 Å². The van der Waals surface area contributed by atoms with E-state index in [0.717, 1.165) is 5.69 Å². The van der Waals surface area contributed by atoms with Crippen LogP contribution in [0.2, 0.25) is 0 Å². The standard InChI is InChI=1S/C13H13N3O2/c1-2-15-11-4-3-9(7-14)5-12(11)16-8-10(17)6-13(16)18/h3-5,15H,2,6,8H2,1H3. The molecule has 5 heteroatoms. The van der Waals surface area contributed by atoms with E-state index in [1.165, 1.54) is 4.90 Å². The molecule has 2 rings (SSSR count). The number of amides is 1. The summed E-state index contributed by atoms with van der Waals surface area (Å²) in [7, 11) is 0. The first-order chi connectivity index (χ1) is 8.65. The van der Waals surface area contributed by atoms with Crippen molar-refractivity contribution in [3.05, 3.63) is 23.8 Å². The van der Waals surface area contributed by atoms with Gasteiger partial charge in [-0.25, -0.2) is 0 Å². The molecule has 1 amide bonds. The fourth-order valence-electron chi connectivity index (χ4n) is 1.97. The highest BCUT2D eigenvalue weighted by Crippen LogP contribution is 2.29. The van der Waals surface area contributed by atoms with Crippen molar-refractivity contribution in [1.82, 2.24) is 0 Å². The van der Waals surface area contributed by atoms with Gasteiger partial charge in [0.25, 0.3) is 0 Å². The Labute approximate surface area is 105 Å². The fourth-order valence-corrected chi connectivity index (χ4v) is 1.97. The molecular weight excluding hydrogens is 230 g/mol. The number of ketones is 1. The number of hydrogen-bond acceptors (Lipinski definition) is 4. The lowest BCUT2D eigenvalue weighted by Gasteiger charge is -2.19. The summed E-state index contributed by atoms with van der Waals surface area (Å²) in [6.45, 7) is 2.74. The minimum absolute atomic E-state index is 0.0532. The van der Waals surface area contributed by atoms with Gasteiger partial charge in [0.2, 0.25) is 5.91 Å². The Hall–Kier alpha value is -2.35. The van der Waals surface area contributed by atoms with Crippen molar-refractivity contribution >= 4 is 23.1 Å². The molecule has 1 saturated heterocycles. The number of carbonyl (C=O) groups is 2. The van der Waals surface area contributed by atoms with Crippen LogP contribution in [0.5, 0.6) is 0 Å². The molecule has 1 aliphatic rings. The van der Waals surface area contributed by atoms with E-state index in [4.69, 9.17) is 5.26 Å². The zero-order valence-electron chi connectivity index (χ0n) is 10.1. The first-order valence-electron chi connectivity index (χ1n) is 5.75. The van der Waals surface area contributed by atoms with Crippen molar-refractivity contribution in [2.45, 2.75) is 13.3 Å². The summed E-state index contributed by atoms with van der Waals surface area (Å²) in [5.41, 5.74) is 1.84. The second-order valence-corrected chi connectivity index (χ2v) is 4.07. The van der Waals surface area contributed by atoms with Gasteiger partial charge in [0.1, 0.15) is 0 Å². The Kier molecular flexibility index (Phi) is 3.28. The van der Waals surface area contributed by atoms with Gasteiger partial charge in [-0.2, -0.15) is 5.26 Å². The van der Waals surface area contributed by atoms with Gasteiger partial charge < -0.3 is 10.2 Å². The molecule has 0 radical (unpaired) electrons. The molecule has 1 aromatic carbocycles. The Morgan fingerprint density at radius 1 is 1.44 bits per heavy atom. The van der Waals surface area contributed by atoms with Crippen LogP contribution in [0.25, 0.3) is 0 Å². The number of Topliss-reactive ketones (excluding diaryl/α,β-unsaturated/α-hetero) is 1. The second-order valence-electron chi connectivity index (χ2n) is 4.07. The monoisotopic (exact) mass is 243 g/mol. The van der Waals surface area contributed by atoms with Crippen LogP contribution in [0.3, 0.4) is 0 Å². The first kappa shape index (κ1) is 12.1. The highest BCUT2D eigenvalue weighted by atomic mass is 16.2. The summed E-state index contributed by atoms with van der Waals surface area (Å²) in [6.07, 6.45) is -0.0532. The summed E-state index contributed by atoms with van der Waals surface area (Å²) in [5, 5.41) is 12.0. The van der Waals surface area contributed by atoms with Gasteiger partial charge in [0.15, 0.2) is 5.78 Å². The second kappa shape index (κ2) is 4.88. The highest BCUT2D eigenvalue weighted by Gasteiger charge is 2.30. The lowest BCUT2D eigenvalue weighted by molar-refractivity contribution is -0.121. The molecule has 0 aromatic heterocycles. The molecule has 1 fully saturated rings. The minimum atomic E-state index is -0.214. The van der Waals surface area contributed by atoms with Crippen LogP contribution in [0, 0.1) is 11.3 Å². The van der Waals surface area contributed by atoms with Gasteiger partial charge in [-0.3, -0.25) is 9.59 Å². The van der Waals surface area contributed by atoms with Crippen LogP contribution in [-0.2, 0) is 9.59 Å². The Bertz CT molecular complexity index is 546. The molecule has 1 aliphatic heterocycles. The third kappa shape index (κ3) is 2.18. The van der Waals surface area contributed by atoms with Crippen molar-refractivity contribution in [3.63, 3.8) is 0 Å². The van der Waals surface area contributed by atoms with E-state index < -0.39 is 0 Å². The third-order valence-electron chi connectivity index (χ3n) is 2.77. The molecule has 0 atom stereocenters. The summed E-state index contributed by atoms with van der Waals surface area (Å²) in [6, 6.07) is 7.11. The number of nitrogens with one attached hydrogen (secondary N) is 1. The van der Waals surface area contributed by atoms with Crippen LogP contribution >= 0.6 is 0 Å². The zero-order chi connectivity index (χ0) is 13.1. The lowest BCUT2D eigenvalue weighted by Crippen LogP contribution is -2.25. The number of carbonyl (C=O) groups excluding carboxylic acids is 2. The van der Waals surface area contributed by atoms with E-state index in [-0.39, 0.29) is 24.7 Å². The summed E-state index contributed by atoms with van der Waals surface area (Å²) < 4.78 is 0. The molecule has 1 N–H and O–H groups in total. The minimum Gasteiger partial charge on any atom is -0.384 e. The zero-order valence-corrected chi connectivity index (χ0v) is 10.1. The number of nitrogens with zero attached hydrogens (tertiary/aromatic N) is 2. The molecule has 1 aromatic rings. The molecule has 92 valence electrons. The van der Waals surface area contributed by atoms with Gasteiger partial charge in [-0.1, -0.05) is 0 Å².